The van der Waals surface area contributed by atoms with Crippen LogP contribution < -0.4 is 5.32 Å². The van der Waals surface area contributed by atoms with Gasteiger partial charge in [-0.2, -0.15) is 0 Å². The van der Waals surface area contributed by atoms with Crippen LogP contribution in [0.5, 0.6) is 0 Å². The van der Waals surface area contributed by atoms with Crippen LogP contribution in [0.1, 0.15) is 16.8 Å². The fraction of sp³-hybridized carbons (Fsp3) is 0.462. The molecule has 18 heavy (non-hydrogen) atoms. The van der Waals surface area contributed by atoms with E-state index in [1.54, 1.807) is 7.11 Å². The fourth-order valence-electron chi connectivity index (χ4n) is 1.93. The summed E-state index contributed by atoms with van der Waals surface area (Å²) in [5.41, 5.74) is 0.310. The number of ether oxygens (including phenoxy) is 2. The molecule has 0 saturated carbocycles. The van der Waals surface area contributed by atoms with E-state index in [2.05, 4.69) is 27.9 Å². The molecule has 2 rings (SSSR count). The summed E-state index contributed by atoms with van der Waals surface area (Å²) in [6.45, 7) is 1.71. The molecule has 1 aromatic carbocycles. The Bertz CT molecular complexity index is 430. The number of rotatable bonds is 4. The van der Waals surface area contributed by atoms with Crippen LogP contribution in [0.3, 0.4) is 0 Å². The molecular formula is C13H16INO3. The van der Waals surface area contributed by atoms with Crippen molar-refractivity contribution in [3.63, 3.8) is 0 Å². The lowest BCUT2D eigenvalue weighted by Crippen LogP contribution is -2.45. The highest BCUT2D eigenvalue weighted by atomic mass is 127. The van der Waals surface area contributed by atoms with E-state index in [0.29, 0.717) is 25.3 Å². The van der Waals surface area contributed by atoms with Crippen molar-refractivity contribution < 1.29 is 14.3 Å². The van der Waals surface area contributed by atoms with Crippen LogP contribution >= 0.6 is 22.6 Å². The molecule has 1 aliphatic rings. The highest BCUT2D eigenvalue weighted by molar-refractivity contribution is 14.1. The van der Waals surface area contributed by atoms with Crippen LogP contribution in [0.2, 0.25) is 0 Å². The van der Waals surface area contributed by atoms with Gasteiger partial charge < -0.3 is 14.8 Å². The number of amides is 1. The molecule has 1 atom stereocenters. The minimum atomic E-state index is -0.363. The van der Waals surface area contributed by atoms with E-state index in [9.17, 15) is 4.79 Å². The minimum absolute atomic E-state index is 0.0724. The lowest BCUT2D eigenvalue weighted by atomic mass is 10.0. The molecule has 0 aliphatic carbocycles. The SMILES string of the molecule is COC1(CNC(=O)c2cccc(I)c2)CCOC1. The van der Waals surface area contributed by atoms with Crippen molar-refractivity contribution in [3.05, 3.63) is 33.4 Å². The predicted molar refractivity (Wildman–Crippen MR) is 76.7 cm³/mol. The van der Waals surface area contributed by atoms with Crippen molar-refractivity contribution in [2.75, 3.05) is 26.9 Å². The Morgan fingerprint density at radius 2 is 2.44 bits per heavy atom. The maximum Gasteiger partial charge on any atom is 0.251 e. The molecule has 1 aliphatic heterocycles. The molecule has 0 aromatic heterocycles. The lowest BCUT2D eigenvalue weighted by Gasteiger charge is -2.25. The van der Waals surface area contributed by atoms with Crippen LogP contribution in [0, 0.1) is 3.57 Å². The molecule has 0 bridgehead atoms. The monoisotopic (exact) mass is 361 g/mol. The van der Waals surface area contributed by atoms with Crippen molar-refractivity contribution in [1.29, 1.82) is 0 Å². The van der Waals surface area contributed by atoms with Crippen molar-refractivity contribution in [1.82, 2.24) is 5.32 Å². The third-order valence-corrected chi connectivity index (χ3v) is 3.83. The van der Waals surface area contributed by atoms with Crippen LogP contribution in [0.15, 0.2) is 24.3 Å². The van der Waals surface area contributed by atoms with E-state index >= 15 is 0 Å². The molecule has 1 N–H and O–H groups in total. The topological polar surface area (TPSA) is 47.6 Å². The molecular weight excluding hydrogens is 345 g/mol. The van der Waals surface area contributed by atoms with E-state index in [0.717, 1.165) is 9.99 Å². The fourth-order valence-corrected chi connectivity index (χ4v) is 2.48. The largest absolute Gasteiger partial charge is 0.378 e. The van der Waals surface area contributed by atoms with Crippen LogP contribution in [-0.2, 0) is 9.47 Å². The summed E-state index contributed by atoms with van der Waals surface area (Å²) in [6.07, 6.45) is 0.816. The number of methoxy groups -OCH3 is 1. The molecule has 1 unspecified atom stereocenters. The van der Waals surface area contributed by atoms with Gasteiger partial charge in [0.2, 0.25) is 0 Å². The summed E-state index contributed by atoms with van der Waals surface area (Å²) in [6, 6.07) is 7.50. The maximum atomic E-state index is 12.0. The van der Waals surface area contributed by atoms with Gasteiger partial charge in [-0.3, -0.25) is 4.79 Å². The normalized spacial score (nSPS) is 23.0. The Morgan fingerprint density at radius 1 is 1.61 bits per heavy atom. The van der Waals surface area contributed by atoms with Crippen LogP contribution in [-0.4, -0.2) is 38.4 Å². The standard InChI is InChI=1S/C13H16INO3/c1-17-13(5-6-18-9-13)8-15-12(16)10-3-2-4-11(14)7-10/h2-4,7H,5-6,8-9H2,1H3,(H,15,16). The van der Waals surface area contributed by atoms with Crippen LogP contribution in [0.4, 0.5) is 0 Å². The summed E-state index contributed by atoms with van der Waals surface area (Å²) in [4.78, 5) is 12.0. The second-order valence-corrected chi connectivity index (χ2v) is 5.63. The minimum Gasteiger partial charge on any atom is -0.378 e. The van der Waals surface area contributed by atoms with Gasteiger partial charge in [-0.15, -0.1) is 0 Å². The number of carbonyl (C=O) groups excluding carboxylic acids is 1. The molecule has 1 amide bonds. The van der Waals surface area contributed by atoms with Gasteiger partial charge in [0.1, 0.15) is 5.60 Å². The zero-order valence-electron chi connectivity index (χ0n) is 10.2. The van der Waals surface area contributed by atoms with E-state index < -0.39 is 0 Å². The Labute approximate surface area is 120 Å². The third-order valence-electron chi connectivity index (χ3n) is 3.16. The first-order valence-electron chi connectivity index (χ1n) is 5.82. The number of carbonyl (C=O) groups is 1. The zero-order valence-corrected chi connectivity index (χ0v) is 12.4. The Morgan fingerprint density at radius 3 is 3.06 bits per heavy atom. The summed E-state index contributed by atoms with van der Waals surface area (Å²) >= 11 is 2.19. The van der Waals surface area contributed by atoms with E-state index in [1.807, 2.05) is 24.3 Å². The van der Waals surface area contributed by atoms with Crippen molar-refractivity contribution in [2.24, 2.45) is 0 Å². The molecule has 1 saturated heterocycles. The van der Waals surface area contributed by atoms with Gasteiger partial charge in [-0.25, -0.2) is 0 Å². The van der Waals surface area contributed by atoms with Crippen molar-refractivity contribution in [3.8, 4) is 0 Å². The summed E-state index contributed by atoms with van der Waals surface area (Å²) in [5, 5.41) is 2.91. The van der Waals surface area contributed by atoms with Gasteiger partial charge >= 0.3 is 0 Å². The molecule has 1 fully saturated rings. The number of halogens is 1. The zero-order chi connectivity index (χ0) is 13.0. The first-order chi connectivity index (χ1) is 8.65. The predicted octanol–water partition coefficient (Wildman–Crippen LogP) is 1.83. The van der Waals surface area contributed by atoms with Gasteiger partial charge in [0, 0.05) is 35.8 Å². The Balaban J connectivity index is 1.96. The first-order valence-corrected chi connectivity index (χ1v) is 6.90. The van der Waals surface area contributed by atoms with Gasteiger partial charge in [-0.05, 0) is 40.8 Å². The summed E-state index contributed by atoms with van der Waals surface area (Å²) < 4.78 is 11.8. The summed E-state index contributed by atoms with van der Waals surface area (Å²) in [5.74, 6) is -0.0724. The third kappa shape index (κ3) is 3.21. The second-order valence-electron chi connectivity index (χ2n) is 4.38. The summed E-state index contributed by atoms with van der Waals surface area (Å²) in [7, 11) is 1.66. The van der Waals surface area contributed by atoms with E-state index in [4.69, 9.17) is 9.47 Å². The molecule has 0 radical (unpaired) electrons. The Hall–Kier alpha value is -0.660. The van der Waals surface area contributed by atoms with Gasteiger partial charge in [0.25, 0.3) is 5.91 Å². The molecule has 0 spiro atoms. The number of nitrogens with one attached hydrogen (secondary N) is 1. The van der Waals surface area contributed by atoms with Crippen molar-refractivity contribution in [2.45, 2.75) is 12.0 Å². The average Bonchev–Trinajstić information content (AvgIpc) is 2.85. The quantitative estimate of drug-likeness (QED) is 0.833. The number of hydrogen-bond acceptors (Lipinski definition) is 3. The Kier molecular flexibility index (Phi) is 4.58. The first kappa shape index (κ1) is 13.8. The maximum absolute atomic E-state index is 12.0. The lowest BCUT2D eigenvalue weighted by molar-refractivity contribution is -0.0148. The van der Waals surface area contributed by atoms with E-state index in [1.165, 1.54) is 0 Å². The number of hydrogen-bond donors (Lipinski definition) is 1. The smallest absolute Gasteiger partial charge is 0.251 e. The van der Waals surface area contributed by atoms with Crippen LogP contribution in [0.25, 0.3) is 0 Å². The molecule has 4 nitrogen and oxygen atoms in total. The van der Waals surface area contributed by atoms with E-state index in [-0.39, 0.29) is 11.5 Å². The highest BCUT2D eigenvalue weighted by Gasteiger charge is 2.35. The van der Waals surface area contributed by atoms with Gasteiger partial charge in [-0.1, -0.05) is 6.07 Å². The van der Waals surface area contributed by atoms with Gasteiger partial charge in [0.05, 0.1) is 6.61 Å². The molecule has 1 heterocycles. The van der Waals surface area contributed by atoms with Gasteiger partial charge in [0.15, 0.2) is 0 Å². The molecule has 1 aromatic rings. The average molecular weight is 361 g/mol. The van der Waals surface area contributed by atoms with Crippen molar-refractivity contribution >= 4 is 28.5 Å². The highest BCUT2D eigenvalue weighted by Crippen LogP contribution is 2.21. The number of benzene rings is 1. The molecule has 98 valence electrons. The second kappa shape index (κ2) is 5.99. The molecule has 5 heteroatoms.